The maximum atomic E-state index is 12.0. The molecule has 104 valence electrons. The molecular formula is C12H17N3O2S2. The highest BCUT2D eigenvalue weighted by molar-refractivity contribution is 8.01. The Bertz CT molecular complexity index is 467. The molecule has 7 heteroatoms. The lowest BCUT2D eigenvalue weighted by atomic mass is 10.3. The average Bonchev–Trinajstić information content (AvgIpc) is 2.82. The van der Waals surface area contributed by atoms with Crippen LogP contribution in [0.15, 0.2) is 9.72 Å². The third-order valence-corrected chi connectivity index (χ3v) is 5.12. The van der Waals surface area contributed by atoms with Crippen LogP contribution < -0.4 is 0 Å². The molecular weight excluding hydrogens is 282 g/mol. The molecule has 0 spiro atoms. The molecule has 1 aliphatic rings. The van der Waals surface area contributed by atoms with Gasteiger partial charge in [-0.2, -0.15) is 0 Å². The van der Waals surface area contributed by atoms with Gasteiger partial charge in [0, 0.05) is 44.2 Å². The monoisotopic (exact) mass is 299 g/mol. The zero-order valence-corrected chi connectivity index (χ0v) is 12.7. The summed E-state index contributed by atoms with van der Waals surface area (Å²) in [7, 11) is 0. The van der Waals surface area contributed by atoms with E-state index >= 15 is 0 Å². The number of aryl methyl sites for hydroxylation is 1. The van der Waals surface area contributed by atoms with Gasteiger partial charge in [0.25, 0.3) is 0 Å². The molecule has 0 aromatic carbocycles. The molecule has 1 fully saturated rings. The molecule has 5 nitrogen and oxygen atoms in total. The molecule has 0 radical (unpaired) electrons. The quantitative estimate of drug-likeness (QED) is 0.788. The van der Waals surface area contributed by atoms with Gasteiger partial charge in [-0.3, -0.25) is 9.59 Å². The van der Waals surface area contributed by atoms with Gasteiger partial charge in [-0.25, -0.2) is 4.98 Å². The molecule has 1 aromatic rings. The summed E-state index contributed by atoms with van der Waals surface area (Å²) in [6.07, 6.45) is 0. The first kappa shape index (κ1) is 14.3. The standard InChI is InChI=1S/C12H17N3O2S2/c1-9-7-18-12(13-9)19-8-11(17)15-5-3-14(4-6-15)10(2)16/h7H,3-6,8H2,1-2H3. The number of carbonyl (C=O) groups excluding carboxylic acids is 2. The second-order valence-electron chi connectivity index (χ2n) is 4.43. The van der Waals surface area contributed by atoms with E-state index in [1.807, 2.05) is 17.2 Å². The van der Waals surface area contributed by atoms with Gasteiger partial charge in [0.05, 0.1) is 5.75 Å². The van der Waals surface area contributed by atoms with Crippen LogP contribution in [-0.4, -0.2) is 58.5 Å². The van der Waals surface area contributed by atoms with Crippen molar-refractivity contribution in [1.82, 2.24) is 14.8 Å². The summed E-state index contributed by atoms with van der Waals surface area (Å²) in [5, 5.41) is 1.98. The molecule has 1 aromatic heterocycles. The third kappa shape index (κ3) is 3.94. The van der Waals surface area contributed by atoms with E-state index in [-0.39, 0.29) is 11.8 Å². The molecule has 0 N–H and O–H groups in total. The Labute approximate surface area is 121 Å². The summed E-state index contributed by atoms with van der Waals surface area (Å²) >= 11 is 3.06. The minimum atomic E-state index is 0.0831. The van der Waals surface area contributed by atoms with Crippen LogP contribution in [0, 0.1) is 6.92 Å². The molecule has 2 heterocycles. The highest BCUT2D eigenvalue weighted by Gasteiger charge is 2.22. The van der Waals surface area contributed by atoms with E-state index in [9.17, 15) is 9.59 Å². The molecule has 0 unspecified atom stereocenters. The van der Waals surface area contributed by atoms with Crippen molar-refractivity contribution in [3.63, 3.8) is 0 Å². The number of thioether (sulfide) groups is 1. The van der Waals surface area contributed by atoms with Gasteiger partial charge in [-0.1, -0.05) is 11.8 Å². The first-order valence-corrected chi connectivity index (χ1v) is 8.01. The fourth-order valence-electron chi connectivity index (χ4n) is 1.88. The highest BCUT2D eigenvalue weighted by atomic mass is 32.2. The van der Waals surface area contributed by atoms with Crippen molar-refractivity contribution in [2.75, 3.05) is 31.9 Å². The maximum Gasteiger partial charge on any atom is 0.233 e. The molecule has 0 bridgehead atoms. The topological polar surface area (TPSA) is 53.5 Å². The van der Waals surface area contributed by atoms with E-state index in [1.165, 1.54) is 11.8 Å². The van der Waals surface area contributed by atoms with Gasteiger partial charge in [0.15, 0.2) is 4.34 Å². The number of nitrogens with zero attached hydrogens (tertiary/aromatic N) is 3. The predicted molar refractivity (Wildman–Crippen MR) is 76.4 cm³/mol. The largest absolute Gasteiger partial charge is 0.339 e. The number of piperazine rings is 1. The minimum Gasteiger partial charge on any atom is -0.339 e. The smallest absolute Gasteiger partial charge is 0.233 e. The fraction of sp³-hybridized carbons (Fsp3) is 0.583. The van der Waals surface area contributed by atoms with Gasteiger partial charge < -0.3 is 9.80 Å². The molecule has 2 amide bonds. The predicted octanol–water partition coefficient (Wildman–Crippen LogP) is 1.23. The first-order valence-electron chi connectivity index (χ1n) is 6.14. The Morgan fingerprint density at radius 1 is 1.32 bits per heavy atom. The number of aromatic nitrogens is 1. The number of thiazole rings is 1. The molecule has 19 heavy (non-hydrogen) atoms. The minimum absolute atomic E-state index is 0.0831. The molecule has 1 saturated heterocycles. The summed E-state index contributed by atoms with van der Waals surface area (Å²) in [5.41, 5.74) is 0.995. The average molecular weight is 299 g/mol. The van der Waals surface area contributed by atoms with E-state index < -0.39 is 0 Å². The first-order chi connectivity index (χ1) is 9.06. The second-order valence-corrected chi connectivity index (χ2v) is 6.51. The number of hydrogen-bond acceptors (Lipinski definition) is 5. The SMILES string of the molecule is CC(=O)N1CCN(C(=O)CSc2nc(C)cs2)CC1. The van der Waals surface area contributed by atoms with Crippen LogP contribution in [0.3, 0.4) is 0 Å². The van der Waals surface area contributed by atoms with Crippen molar-refractivity contribution in [2.45, 2.75) is 18.2 Å². The van der Waals surface area contributed by atoms with Crippen LogP contribution in [0.25, 0.3) is 0 Å². The van der Waals surface area contributed by atoms with Gasteiger partial charge in [0.2, 0.25) is 11.8 Å². The lowest BCUT2D eigenvalue weighted by Crippen LogP contribution is -2.50. The van der Waals surface area contributed by atoms with Crippen LogP contribution in [-0.2, 0) is 9.59 Å². The van der Waals surface area contributed by atoms with E-state index in [1.54, 1.807) is 23.2 Å². The summed E-state index contributed by atoms with van der Waals surface area (Å²) in [4.78, 5) is 31.2. The molecule has 2 rings (SSSR count). The zero-order chi connectivity index (χ0) is 13.8. The summed E-state index contributed by atoms with van der Waals surface area (Å²) in [6.45, 7) is 6.07. The van der Waals surface area contributed by atoms with Crippen molar-refractivity contribution in [3.05, 3.63) is 11.1 Å². The van der Waals surface area contributed by atoms with E-state index in [4.69, 9.17) is 0 Å². The van der Waals surface area contributed by atoms with Crippen LogP contribution >= 0.6 is 23.1 Å². The molecule has 0 aliphatic carbocycles. The zero-order valence-electron chi connectivity index (χ0n) is 11.1. The number of hydrogen-bond donors (Lipinski definition) is 0. The van der Waals surface area contributed by atoms with Crippen LogP contribution in [0.1, 0.15) is 12.6 Å². The van der Waals surface area contributed by atoms with E-state index in [2.05, 4.69) is 4.98 Å². The summed E-state index contributed by atoms with van der Waals surface area (Å²) < 4.78 is 0.938. The van der Waals surface area contributed by atoms with Crippen molar-refractivity contribution >= 4 is 34.9 Å². The Kier molecular flexibility index (Phi) is 4.81. The van der Waals surface area contributed by atoms with Crippen LogP contribution in [0.2, 0.25) is 0 Å². The van der Waals surface area contributed by atoms with Gasteiger partial charge in [-0.05, 0) is 6.92 Å². The van der Waals surface area contributed by atoms with Crippen molar-refractivity contribution < 1.29 is 9.59 Å². The molecule has 0 atom stereocenters. The van der Waals surface area contributed by atoms with Crippen molar-refractivity contribution in [2.24, 2.45) is 0 Å². The lowest BCUT2D eigenvalue weighted by molar-refractivity contribution is -0.136. The third-order valence-electron chi connectivity index (χ3n) is 2.99. The Morgan fingerprint density at radius 3 is 2.47 bits per heavy atom. The van der Waals surface area contributed by atoms with E-state index in [0.29, 0.717) is 31.9 Å². The molecule has 0 saturated carbocycles. The fourth-order valence-corrected chi connectivity index (χ4v) is 3.64. The number of rotatable bonds is 3. The van der Waals surface area contributed by atoms with Gasteiger partial charge in [0.1, 0.15) is 0 Å². The number of amides is 2. The second kappa shape index (κ2) is 6.38. The maximum absolute atomic E-state index is 12.0. The van der Waals surface area contributed by atoms with Gasteiger partial charge >= 0.3 is 0 Å². The normalized spacial score (nSPS) is 15.7. The lowest BCUT2D eigenvalue weighted by Gasteiger charge is -2.34. The highest BCUT2D eigenvalue weighted by Crippen LogP contribution is 2.22. The van der Waals surface area contributed by atoms with Crippen molar-refractivity contribution in [1.29, 1.82) is 0 Å². The van der Waals surface area contributed by atoms with Crippen LogP contribution in [0.5, 0.6) is 0 Å². The number of carbonyl (C=O) groups is 2. The summed E-state index contributed by atoms with van der Waals surface area (Å²) in [6, 6.07) is 0. The van der Waals surface area contributed by atoms with Crippen molar-refractivity contribution in [3.8, 4) is 0 Å². The molecule has 1 aliphatic heterocycles. The van der Waals surface area contributed by atoms with E-state index in [0.717, 1.165) is 10.0 Å². The Balaban J connectivity index is 1.77. The van der Waals surface area contributed by atoms with Crippen LogP contribution in [0.4, 0.5) is 0 Å². The summed E-state index contributed by atoms with van der Waals surface area (Å²) in [5.74, 6) is 0.633. The Hall–Kier alpha value is -1.08. The Morgan fingerprint density at radius 2 is 1.95 bits per heavy atom. The van der Waals surface area contributed by atoms with Gasteiger partial charge in [-0.15, -0.1) is 11.3 Å².